The van der Waals surface area contributed by atoms with Crippen LogP contribution in [-0.4, -0.2) is 27.6 Å². The molecule has 0 aliphatic carbocycles. The summed E-state index contributed by atoms with van der Waals surface area (Å²) >= 11 is 1.23. The Morgan fingerprint density at radius 3 is 2.50 bits per heavy atom. The Balaban J connectivity index is 1.56. The summed E-state index contributed by atoms with van der Waals surface area (Å²) in [4.78, 5) is 10.7. The molecule has 0 saturated heterocycles. The topological polar surface area (TPSA) is 62.0 Å². The first-order valence-corrected chi connectivity index (χ1v) is 9.25. The van der Waals surface area contributed by atoms with Gasteiger partial charge in [-0.3, -0.25) is 4.79 Å². The molecule has 128 valence electrons. The highest BCUT2D eigenvalue weighted by atomic mass is 32.2. The number of nitrogens with zero attached hydrogens (tertiary/aromatic N) is 2. The van der Waals surface area contributed by atoms with Crippen LogP contribution in [0.15, 0.2) is 76.9 Å². The predicted octanol–water partition coefficient (Wildman–Crippen LogP) is 4.83. The Morgan fingerprint density at radius 2 is 1.65 bits per heavy atom. The van der Waals surface area contributed by atoms with Crippen molar-refractivity contribution in [1.82, 2.24) is 0 Å². The largest absolute Gasteiger partial charge is 0.481 e. The van der Waals surface area contributed by atoms with E-state index in [-0.39, 0.29) is 5.75 Å². The van der Waals surface area contributed by atoms with Gasteiger partial charge in [0.2, 0.25) is 0 Å². The zero-order valence-electron chi connectivity index (χ0n) is 13.9. The van der Waals surface area contributed by atoms with Crippen LogP contribution in [0.2, 0.25) is 0 Å². The van der Waals surface area contributed by atoms with Gasteiger partial charge in [0, 0.05) is 6.42 Å². The van der Waals surface area contributed by atoms with Gasteiger partial charge in [0.1, 0.15) is 5.04 Å². The Kier molecular flexibility index (Phi) is 4.54. The van der Waals surface area contributed by atoms with Gasteiger partial charge in [0.25, 0.3) is 0 Å². The number of hydrogen-bond acceptors (Lipinski definition) is 4. The highest BCUT2D eigenvalue weighted by molar-refractivity contribution is 8.14. The molecular formula is C21H16N2O2S. The van der Waals surface area contributed by atoms with Crippen LogP contribution >= 0.6 is 11.8 Å². The number of carbonyl (C=O) groups is 1. The second-order valence-electron chi connectivity index (χ2n) is 6.04. The molecule has 0 aromatic heterocycles. The third kappa shape index (κ3) is 3.53. The fourth-order valence-corrected chi connectivity index (χ4v) is 3.59. The number of fused-ring (bicyclic) bond motifs is 1. The Labute approximate surface area is 155 Å². The van der Waals surface area contributed by atoms with E-state index in [1.54, 1.807) is 0 Å². The summed E-state index contributed by atoms with van der Waals surface area (Å²) in [6.07, 6.45) is 0.582. The van der Waals surface area contributed by atoms with Crippen LogP contribution in [0, 0.1) is 0 Å². The first-order chi connectivity index (χ1) is 12.7. The summed E-state index contributed by atoms with van der Waals surface area (Å²) in [7, 11) is 0. The molecule has 1 aliphatic rings. The summed E-state index contributed by atoms with van der Waals surface area (Å²) in [5.41, 5.74) is 4.18. The van der Waals surface area contributed by atoms with Crippen LogP contribution in [0.5, 0.6) is 0 Å². The quantitative estimate of drug-likeness (QED) is 0.725. The van der Waals surface area contributed by atoms with Crippen LogP contribution in [0.3, 0.4) is 0 Å². The molecule has 4 nitrogen and oxygen atoms in total. The third-order valence-corrected chi connectivity index (χ3v) is 5.19. The molecule has 0 atom stereocenters. The fraction of sp³-hybridized carbons (Fsp3) is 0.0952. The van der Waals surface area contributed by atoms with Crippen LogP contribution in [0.25, 0.3) is 21.9 Å². The molecule has 1 aliphatic heterocycles. The van der Waals surface area contributed by atoms with Gasteiger partial charge in [-0.1, -0.05) is 66.4 Å². The molecule has 1 heterocycles. The van der Waals surface area contributed by atoms with E-state index in [0.717, 1.165) is 27.4 Å². The molecule has 0 radical (unpaired) electrons. The maximum absolute atomic E-state index is 10.7. The molecular weight excluding hydrogens is 344 g/mol. The zero-order chi connectivity index (χ0) is 17.9. The Bertz CT molecular complexity index is 1060. The van der Waals surface area contributed by atoms with Gasteiger partial charge >= 0.3 is 5.97 Å². The minimum Gasteiger partial charge on any atom is -0.481 e. The van der Waals surface area contributed by atoms with Crippen LogP contribution in [0.1, 0.15) is 12.0 Å². The SMILES string of the molecule is O=C(O)CSC1=NN=C(c2cccc(-c3ccc4ccccc4c3)c2)C1. The number of aliphatic carboxylic acids is 1. The van der Waals surface area contributed by atoms with Crippen molar-refractivity contribution in [2.75, 3.05) is 5.75 Å². The van der Waals surface area contributed by atoms with Gasteiger partial charge < -0.3 is 5.11 Å². The van der Waals surface area contributed by atoms with E-state index in [0.29, 0.717) is 6.42 Å². The van der Waals surface area contributed by atoms with Crippen molar-refractivity contribution in [3.05, 3.63) is 72.3 Å². The van der Waals surface area contributed by atoms with Crippen molar-refractivity contribution in [2.24, 2.45) is 10.2 Å². The van der Waals surface area contributed by atoms with Crippen molar-refractivity contribution < 1.29 is 9.90 Å². The summed E-state index contributed by atoms with van der Waals surface area (Å²) in [5, 5.41) is 20.3. The lowest BCUT2D eigenvalue weighted by molar-refractivity contribution is -0.133. The molecule has 0 saturated carbocycles. The minimum absolute atomic E-state index is 0.0127. The fourth-order valence-electron chi connectivity index (χ4n) is 2.96. The van der Waals surface area contributed by atoms with Crippen LogP contribution in [0.4, 0.5) is 0 Å². The average Bonchev–Trinajstić information content (AvgIpc) is 3.15. The highest BCUT2D eigenvalue weighted by Crippen LogP contribution is 2.27. The molecule has 4 rings (SSSR count). The normalized spacial score (nSPS) is 13.5. The smallest absolute Gasteiger partial charge is 0.313 e. The molecule has 1 N–H and O–H groups in total. The number of thioether (sulfide) groups is 1. The van der Waals surface area contributed by atoms with Crippen molar-refractivity contribution in [3.8, 4) is 11.1 Å². The molecule has 0 fully saturated rings. The molecule has 26 heavy (non-hydrogen) atoms. The van der Waals surface area contributed by atoms with Gasteiger partial charge in [-0.25, -0.2) is 0 Å². The van der Waals surface area contributed by atoms with E-state index in [4.69, 9.17) is 5.11 Å². The monoisotopic (exact) mass is 360 g/mol. The molecule has 5 heteroatoms. The molecule has 0 amide bonds. The predicted molar refractivity (Wildman–Crippen MR) is 108 cm³/mol. The molecule has 0 bridgehead atoms. The van der Waals surface area contributed by atoms with Crippen LogP contribution < -0.4 is 0 Å². The van der Waals surface area contributed by atoms with Crippen molar-refractivity contribution >= 4 is 39.3 Å². The summed E-state index contributed by atoms with van der Waals surface area (Å²) in [5.74, 6) is -0.830. The Hall–Kier alpha value is -2.92. The zero-order valence-corrected chi connectivity index (χ0v) is 14.7. The number of carboxylic acid groups (broad SMARTS) is 1. The van der Waals surface area contributed by atoms with E-state index in [2.05, 4.69) is 52.7 Å². The number of benzene rings is 3. The lowest BCUT2D eigenvalue weighted by Gasteiger charge is -2.07. The first-order valence-electron chi connectivity index (χ1n) is 8.27. The second-order valence-corrected chi connectivity index (χ2v) is 7.09. The van der Waals surface area contributed by atoms with Gasteiger partial charge in [0.05, 0.1) is 11.5 Å². The average molecular weight is 360 g/mol. The van der Waals surface area contributed by atoms with Gasteiger partial charge in [-0.05, 0) is 39.6 Å². The summed E-state index contributed by atoms with van der Waals surface area (Å²) < 4.78 is 0. The minimum atomic E-state index is -0.843. The van der Waals surface area contributed by atoms with E-state index in [1.165, 1.54) is 22.5 Å². The lowest BCUT2D eigenvalue weighted by atomic mass is 9.98. The van der Waals surface area contributed by atoms with E-state index in [1.807, 2.05) is 24.3 Å². The maximum atomic E-state index is 10.7. The van der Waals surface area contributed by atoms with E-state index >= 15 is 0 Å². The molecule has 0 spiro atoms. The molecule has 3 aromatic carbocycles. The molecule has 3 aromatic rings. The maximum Gasteiger partial charge on any atom is 0.313 e. The first kappa shape index (κ1) is 16.5. The van der Waals surface area contributed by atoms with Gasteiger partial charge in [-0.15, -0.1) is 5.10 Å². The van der Waals surface area contributed by atoms with Crippen molar-refractivity contribution in [1.29, 1.82) is 0 Å². The molecule has 0 unspecified atom stereocenters. The summed E-state index contributed by atoms with van der Waals surface area (Å²) in [6, 6.07) is 23.0. The van der Waals surface area contributed by atoms with Crippen molar-refractivity contribution in [3.63, 3.8) is 0 Å². The van der Waals surface area contributed by atoms with E-state index < -0.39 is 5.97 Å². The van der Waals surface area contributed by atoms with Gasteiger partial charge in [0.15, 0.2) is 0 Å². The van der Waals surface area contributed by atoms with Crippen LogP contribution in [-0.2, 0) is 4.79 Å². The van der Waals surface area contributed by atoms with Gasteiger partial charge in [-0.2, -0.15) is 5.10 Å². The Morgan fingerprint density at radius 1 is 0.885 bits per heavy atom. The second kappa shape index (κ2) is 7.14. The number of carboxylic acids is 1. The summed E-state index contributed by atoms with van der Waals surface area (Å²) in [6.45, 7) is 0. The standard InChI is InChI=1S/C21H16N2O2S/c24-21(25)13-26-20-12-19(22-23-20)18-7-3-6-16(11-18)17-9-8-14-4-1-2-5-15(14)10-17/h1-11H,12-13H2,(H,24,25). The highest BCUT2D eigenvalue weighted by Gasteiger charge is 2.16. The number of hydrogen-bond donors (Lipinski definition) is 1. The number of rotatable bonds is 4. The lowest BCUT2D eigenvalue weighted by Crippen LogP contribution is -2.05. The third-order valence-electron chi connectivity index (χ3n) is 4.24. The van der Waals surface area contributed by atoms with E-state index in [9.17, 15) is 4.79 Å². The van der Waals surface area contributed by atoms with Crippen molar-refractivity contribution in [2.45, 2.75) is 6.42 Å².